The lowest BCUT2D eigenvalue weighted by Crippen LogP contribution is -2.05. The number of ether oxygens (including phenoxy) is 3. The molecule has 0 aromatic heterocycles. The van der Waals surface area contributed by atoms with Crippen molar-refractivity contribution in [1.29, 1.82) is 0 Å². The van der Waals surface area contributed by atoms with Crippen molar-refractivity contribution in [3.8, 4) is 11.5 Å². The molecule has 0 radical (unpaired) electrons. The zero-order valence-electron chi connectivity index (χ0n) is 9.68. The quantitative estimate of drug-likeness (QED) is 0.756. The monoisotopic (exact) mass is 230 g/mol. The van der Waals surface area contributed by atoms with Gasteiger partial charge >= 0.3 is 0 Å². The van der Waals surface area contributed by atoms with E-state index in [1.165, 1.54) is 0 Å². The van der Waals surface area contributed by atoms with Crippen LogP contribution in [0.5, 0.6) is 11.5 Å². The van der Waals surface area contributed by atoms with E-state index in [-0.39, 0.29) is 6.10 Å². The highest BCUT2D eigenvalue weighted by atomic mass is 16.6. The third-order valence-corrected chi connectivity index (χ3v) is 2.86. The van der Waals surface area contributed by atoms with Gasteiger partial charge in [-0.25, -0.2) is 0 Å². The molecule has 1 aliphatic rings. The molecule has 3 rings (SSSR count). The van der Waals surface area contributed by atoms with Crippen LogP contribution in [-0.4, -0.2) is 26.4 Å². The van der Waals surface area contributed by atoms with Crippen LogP contribution in [0.15, 0.2) is 36.4 Å². The minimum atomic E-state index is 0.256. The number of epoxide rings is 1. The molecule has 1 aliphatic heterocycles. The Balaban J connectivity index is 1.95. The molecule has 1 unspecified atom stereocenters. The van der Waals surface area contributed by atoms with Gasteiger partial charge in [0.05, 0.1) is 13.7 Å². The van der Waals surface area contributed by atoms with Gasteiger partial charge in [-0.1, -0.05) is 24.3 Å². The molecular formula is C14H14O3. The van der Waals surface area contributed by atoms with E-state index in [0.29, 0.717) is 6.61 Å². The normalized spacial score (nSPS) is 18.1. The van der Waals surface area contributed by atoms with E-state index >= 15 is 0 Å². The summed E-state index contributed by atoms with van der Waals surface area (Å²) in [6.45, 7) is 1.39. The summed E-state index contributed by atoms with van der Waals surface area (Å²) in [6.07, 6.45) is 0.256. The lowest BCUT2D eigenvalue weighted by Gasteiger charge is -2.11. The fourth-order valence-corrected chi connectivity index (χ4v) is 1.82. The fraction of sp³-hybridized carbons (Fsp3) is 0.286. The number of methoxy groups -OCH3 is 1. The number of rotatable bonds is 4. The first-order valence-corrected chi connectivity index (χ1v) is 5.68. The highest BCUT2D eigenvalue weighted by molar-refractivity contribution is 5.86. The predicted molar refractivity (Wildman–Crippen MR) is 65.7 cm³/mol. The van der Waals surface area contributed by atoms with Gasteiger partial charge in [-0.15, -0.1) is 0 Å². The molecule has 0 N–H and O–H groups in total. The molecule has 0 bridgehead atoms. The number of hydrogen-bond donors (Lipinski definition) is 0. The molecule has 3 nitrogen and oxygen atoms in total. The van der Waals surface area contributed by atoms with Gasteiger partial charge in [0.15, 0.2) is 11.5 Å². The lowest BCUT2D eigenvalue weighted by molar-refractivity contribution is 0.252. The van der Waals surface area contributed by atoms with Crippen LogP contribution in [0.25, 0.3) is 10.8 Å². The number of benzene rings is 2. The Hall–Kier alpha value is -1.74. The maximum atomic E-state index is 5.71. The van der Waals surface area contributed by atoms with Gasteiger partial charge < -0.3 is 14.2 Å². The largest absolute Gasteiger partial charge is 0.493 e. The van der Waals surface area contributed by atoms with Crippen molar-refractivity contribution in [2.45, 2.75) is 6.10 Å². The van der Waals surface area contributed by atoms with Gasteiger partial charge in [0.25, 0.3) is 0 Å². The van der Waals surface area contributed by atoms with Gasteiger partial charge in [-0.2, -0.15) is 0 Å². The Bertz CT molecular complexity index is 532. The van der Waals surface area contributed by atoms with Gasteiger partial charge in [-0.05, 0) is 22.9 Å². The van der Waals surface area contributed by atoms with Crippen molar-refractivity contribution in [3.63, 3.8) is 0 Å². The van der Waals surface area contributed by atoms with Gasteiger partial charge in [0.1, 0.15) is 12.7 Å². The van der Waals surface area contributed by atoms with Crippen LogP contribution < -0.4 is 9.47 Å². The molecule has 0 saturated carbocycles. The maximum absolute atomic E-state index is 5.71. The van der Waals surface area contributed by atoms with E-state index in [4.69, 9.17) is 14.2 Å². The van der Waals surface area contributed by atoms with Crippen LogP contribution >= 0.6 is 0 Å². The molecule has 17 heavy (non-hydrogen) atoms. The third kappa shape index (κ3) is 2.19. The summed E-state index contributed by atoms with van der Waals surface area (Å²) < 4.78 is 16.2. The summed E-state index contributed by atoms with van der Waals surface area (Å²) in [5.74, 6) is 1.55. The van der Waals surface area contributed by atoms with Gasteiger partial charge in [-0.3, -0.25) is 0 Å². The molecule has 0 amide bonds. The molecule has 1 fully saturated rings. The van der Waals surface area contributed by atoms with Crippen molar-refractivity contribution >= 4 is 10.8 Å². The molecule has 0 spiro atoms. The Kier molecular flexibility index (Phi) is 2.61. The summed E-state index contributed by atoms with van der Waals surface area (Å²) in [5, 5.41) is 2.30. The second-order valence-electron chi connectivity index (χ2n) is 4.12. The summed E-state index contributed by atoms with van der Waals surface area (Å²) in [4.78, 5) is 0. The van der Waals surface area contributed by atoms with Crippen LogP contribution in [0.1, 0.15) is 0 Å². The first kappa shape index (κ1) is 10.4. The van der Waals surface area contributed by atoms with Crippen molar-refractivity contribution in [1.82, 2.24) is 0 Å². The minimum Gasteiger partial charge on any atom is -0.493 e. The summed E-state index contributed by atoms with van der Waals surface area (Å²) in [7, 11) is 1.66. The zero-order chi connectivity index (χ0) is 11.7. The molecule has 0 aliphatic carbocycles. The number of hydrogen-bond acceptors (Lipinski definition) is 3. The Morgan fingerprint density at radius 2 is 1.82 bits per heavy atom. The highest BCUT2D eigenvalue weighted by Gasteiger charge is 2.23. The zero-order valence-corrected chi connectivity index (χ0v) is 9.68. The van der Waals surface area contributed by atoms with Crippen molar-refractivity contribution in [2.75, 3.05) is 20.3 Å². The molecule has 88 valence electrons. The molecule has 2 aromatic carbocycles. The van der Waals surface area contributed by atoms with E-state index in [2.05, 4.69) is 12.1 Å². The number of fused-ring (bicyclic) bond motifs is 1. The Morgan fingerprint density at radius 1 is 1.18 bits per heavy atom. The smallest absolute Gasteiger partial charge is 0.161 e. The van der Waals surface area contributed by atoms with E-state index < -0.39 is 0 Å². The van der Waals surface area contributed by atoms with Crippen LogP contribution in [0.4, 0.5) is 0 Å². The van der Waals surface area contributed by atoms with E-state index in [0.717, 1.165) is 28.9 Å². The van der Waals surface area contributed by atoms with Crippen molar-refractivity contribution in [2.24, 2.45) is 0 Å². The third-order valence-electron chi connectivity index (χ3n) is 2.86. The molecule has 1 saturated heterocycles. The fourth-order valence-electron chi connectivity index (χ4n) is 1.82. The second kappa shape index (κ2) is 4.26. The predicted octanol–water partition coefficient (Wildman–Crippen LogP) is 2.63. The summed E-state index contributed by atoms with van der Waals surface area (Å²) >= 11 is 0. The topological polar surface area (TPSA) is 31.0 Å². The first-order valence-electron chi connectivity index (χ1n) is 5.68. The van der Waals surface area contributed by atoms with Crippen molar-refractivity contribution in [3.05, 3.63) is 36.4 Å². The van der Waals surface area contributed by atoms with Crippen LogP contribution in [0, 0.1) is 0 Å². The van der Waals surface area contributed by atoms with Crippen LogP contribution in [-0.2, 0) is 4.74 Å². The van der Waals surface area contributed by atoms with E-state index in [1.54, 1.807) is 7.11 Å². The molecule has 1 atom stereocenters. The molecule has 1 heterocycles. The average Bonchev–Trinajstić information content (AvgIpc) is 3.19. The Labute approximate surface area is 99.9 Å². The van der Waals surface area contributed by atoms with Gasteiger partial charge in [0, 0.05) is 0 Å². The van der Waals surface area contributed by atoms with E-state index in [9.17, 15) is 0 Å². The average molecular weight is 230 g/mol. The molecule has 3 heteroatoms. The SMILES string of the molecule is COc1cc2ccccc2cc1OCC1CO1. The van der Waals surface area contributed by atoms with Crippen LogP contribution in [0.2, 0.25) is 0 Å². The van der Waals surface area contributed by atoms with Crippen molar-refractivity contribution < 1.29 is 14.2 Å². The van der Waals surface area contributed by atoms with Crippen LogP contribution in [0.3, 0.4) is 0 Å². The van der Waals surface area contributed by atoms with Gasteiger partial charge in [0.2, 0.25) is 0 Å². The minimum absolute atomic E-state index is 0.256. The molecular weight excluding hydrogens is 216 g/mol. The standard InChI is InChI=1S/C14H14O3/c1-15-13-6-10-4-2-3-5-11(10)7-14(13)17-9-12-8-16-12/h2-7,12H,8-9H2,1H3. The summed E-state index contributed by atoms with van der Waals surface area (Å²) in [6, 6.07) is 12.2. The highest BCUT2D eigenvalue weighted by Crippen LogP contribution is 2.32. The first-order chi connectivity index (χ1) is 8.36. The summed E-state index contributed by atoms with van der Waals surface area (Å²) in [5.41, 5.74) is 0. The molecule has 2 aromatic rings. The Morgan fingerprint density at radius 3 is 2.41 bits per heavy atom. The lowest BCUT2D eigenvalue weighted by atomic mass is 10.1. The second-order valence-corrected chi connectivity index (χ2v) is 4.12. The maximum Gasteiger partial charge on any atom is 0.161 e. The van der Waals surface area contributed by atoms with E-state index in [1.807, 2.05) is 24.3 Å².